The summed E-state index contributed by atoms with van der Waals surface area (Å²) < 4.78 is 1.13. The van der Waals surface area contributed by atoms with Gasteiger partial charge in [-0.1, -0.05) is 33.6 Å². The number of thiol groups is 1. The first-order chi connectivity index (χ1) is 6.24. The average molecular weight is 294 g/mol. The van der Waals surface area contributed by atoms with Gasteiger partial charge in [0.1, 0.15) is 0 Å². The largest absolute Gasteiger partial charge is 0.142 e. The van der Waals surface area contributed by atoms with Crippen molar-refractivity contribution in [3.63, 3.8) is 0 Å². The monoisotopic (exact) mass is 292 g/mol. The molecule has 0 aliphatic carbocycles. The highest BCUT2D eigenvalue weighted by molar-refractivity contribution is 9.08. The molecule has 0 atom stereocenters. The molecule has 0 aliphatic heterocycles. The lowest BCUT2D eigenvalue weighted by Crippen LogP contribution is -1.79. The molecule has 13 heavy (non-hydrogen) atoms. The number of alkyl halides is 1. The van der Waals surface area contributed by atoms with Gasteiger partial charge in [0.25, 0.3) is 0 Å². The van der Waals surface area contributed by atoms with Crippen LogP contribution in [0.4, 0.5) is 0 Å². The van der Waals surface area contributed by atoms with E-state index < -0.39 is 0 Å². The van der Waals surface area contributed by atoms with Crippen LogP contribution in [0.1, 0.15) is 5.56 Å². The van der Waals surface area contributed by atoms with Crippen molar-refractivity contribution >= 4 is 61.6 Å². The lowest BCUT2D eigenvalue weighted by atomic mass is 10.1. The van der Waals surface area contributed by atoms with Crippen LogP contribution >= 0.6 is 51.5 Å². The van der Waals surface area contributed by atoms with Gasteiger partial charge < -0.3 is 0 Å². The van der Waals surface area contributed by atoms with Crippen molar-refractivity contribution in [3.8, 4) is 0 Å². The Bertz CT molecular complexity index is 450. The predicted octanol–water partition coefficient (Wildman–Crippen LogP) is 4.74. The molecule has 4 heteroatoms. The molecule has 0 amide bonds. The maximum atomic E-state index is 6.06. The number of hydrogen-bond donors (Lipinski definition) is 1. The summed E-state index contributed by atoms with van der Waals surface area (Å²) in [5.41, 5.74) is 1.24. The third-order valence-electron chi connectivity index (χ3n) is 1.88. The number of benzene rings is 1. The predicted molar refractivity (Wildman–Crippen MR) is 66.7 cm³/mol. The second-order valence-corrected chi connectivity index (χ2v) is 4.99. The highest BCUT2D eigenvalue weighted by Gasteiger charge is 2.08. The molecule has 1 heterocycles. The fourth-order valence-corrected chi connectivity index (χ4v) is 3.41. The Morgan fingerprint density at radius 1 is 1.46 bits per heavy atom. The van der Waals surface area contributed by atoms with Gasteiger partial charge >= 0.3 is 0 Å². The minimum absolute atomic E-state index is 0.810. The van der Waals surface area contributed by atoms with Crippen LogP contribution in [0.15, 0.2) is 22.4 Å². The highest BCUT2D eigenvalue weighted by atomic mass is 79.9. The van der Waals surface area contributed by atoms with Crippen LogP contribution in [0, 0.1) is 0 Å². The van der Waals surface area contributed by atoms with Gasteiger partial charge in [0.2, 0.25) is 0 Å². The van der Waals surface area contributed by atoms with Crippen molar-refractivity contribution in [1.29, 1.82) is 0 Å². The summed E-state index contributed by atoms with van der Waals surface area (Å²) >= 11 is 15.6. The second kappa shape index (κ2) is 3.81. The van der Waals surface area contributed by atoms with Gasteiger partial charge in [0.05, 0.1) is 9.72 Å². The third kappa shape index (κ3) is 1.63. The van der Waals surface area contributed by atoms with Crippen molar-refractivity contribution in [1.82, 2.24) is 0 Å². The Hall–Kier alpha value is 0.300. The SMILES string of the molecule is Sc1csc2c(Cl)ccc(CBr)c12. The Morgan fingerprint density at radius 3 is 2.92 bits per heavy atom. The summed E-state index contributed by atoms with van der Waals surface area (Å²) in [5, 5.41) is 4.85. The van der Waals surface area contributed by atoms with Gasteiger partial charge in [-0.05, 0) is 11.6 Å². The minimum Gasteiger partial charge on any atom is -0.142 e. The molecular weight excluding hydrogens is 288 g/mol. The molecular formula is C9H6BrClS2. The lowest BCUT2D eigenvalue weighted by Gasteiger charge is -2.00. The fraction of sp³-hybridized carbons (Fsp3) is 0.111. The van der Waals surface area contributed by atoms with Crippen molar-refractivity contribution in [2.24, 2.45) is 0 Å². The Kier molecular flexibility index (Phi) is 2.88. The molecule has 1 aromatic heterocycles. The first-order valence-corrected chi connectivity index (χ1v) is 6.50. The van der Waals surface area contributed by atoms with E-state index in [0.29, 0.717) is 0 Å². The number of hydrogen-bond acceptors (Lipinski definition) is 2. The zero-order valence-corrected chi connectivity index (χ0v) is 10.6. The summed E-state index contributed by atoms with van der Waals surface area (Å²) in [7, 11) is 0. The Balaban J connectivity index is 2.88. The van der Waals surface area contributed by atoms with Crippen LogP contribution < -0.4 is 0 Å². The maximum Gasteiger partial charge on any atom is 0.0584 e. The van der Waals surface area contributed by atoms with E-state index in [-0.39, 0.29) is 0 Å². The van der Waals surface area contributed by atoms with Crippen molar-refractivity contribution in [3.05, 3.63) is 28.1 Å². The van der Waals surface area contributed by atoms with E-state index in [4.69, 9.17) is 11.6 Å². The van der Waals surface area contributed by atoms with Crippen LogP contribution in [0.2, 0.25) is 5.02 Å². The molecule has 2 aromatic rings. The molecule has 0 unspecified atom stereocenters. The molecule has 0 radical (unpaired) electrons. The van der Waals surface area contributed by atoms with E-state index in [1.165, 1.54) is 10.9 Å². The van der Waals surface area contributed by atoms with E-state index in [0.717, 1.165) is 19.9 Å². The Labute approximate surface area is 99.4 Å². The summed E-state index contributed by atoms with van der Waals surface area (Å²) in [4.78, 5) is 1.01. The molecule has 0 nitrogen and oxygen atoms in total. The molecule has 0 N–H and O–H groups in total. The number of fused-ring (bicyclic) bond motifs is 1. The molecule has 0 spiro atoms. The molecule has 68 valence electrons. The maximum absolute atomic E-state index is 6.06. The quantitative estimate of drug-likeness (QED) is 0.570. The molecule has 1 aromatic carbocycles. The average Bonchev–Trinajstić information content (AvgIpc) is 2.51. The summed E-state index contributed by atoms with van der Waals surface area (Å²) in [5.74, 6) is 0. The first kappa shape index (κ1) is 9.84. The van der Waals surface area contributed by atoms with Gasteiger partial charge in [0.15, 0.2) is 0 Å². The van der Waals surface area contributed by atoms with Crippen molar-refractivity contribution < 1.29 is 0 Å². The van der Waals surface area contributed by atoms with Gasteiger partial charge in [0, 0.05) is 21.0 Å². The molecule has 2 rings (SSSR count). The van der Waals surface area contributed by atoms with Crippen LogP contribution in [0.5, 0.6) is 0 Å². The first-order valence-electron chi connectivity index (χ1n) is 3.67. The van der Waals surface area contributed by atoms with Crippen molar-refractivity contribution in [2.45, 2.75) is 10.2 Å². The smallest absolute Gasteiger partial charge is 0.0584 e. The van der Waals surface area contributed by atoms with Crippen LogP contribution in [-0.2, 0) is 5.33 Å². The highest BCUT2D eigenvalue weighted by Crippen LogP contribution is 2.37. The normalized spacial score (nSPS) is 11.0. The number of halogens is 2. The lowest BCUT2D eigenvalue weighted by molar-refractivity contribution is 1.47. The molecule has 0 aliphatic rings. The van der Waals surface area contributed by atoms with Gasteiger partial charge in [-0.2, -0.15) is 0 Å². The third-order valence-corrected chi connectivity index (χ3v) is 4.46. The van der Waals surface area contributed by atoms with E-state index in [1.54, 1.807) is 11.3 Å². The van der Waals surface area contributed by atoms with E-state index in [9.17, 15) is 0 Å². The zero-order valence-electron chi connectivity index (χ0n) is 6.55. The van der Waals surface area contributed by atoms with Crippen LogP contribution in [-0.4, -0.2) is 0 Å². The van der Waals surface area contributed by atoms with Crippen LogP contribution in [0.25, 0.3) is 10.1 Å². The van der Waals surface area contributed by atoms with E-state index in [2.05, 4.69) is 28.6 Å². The number of rotatable bonds is 1. The van der Waals surface area contributed by atoms with Gasteiger partial charge in [-0.25, -0.2) is 0 Å². The zero-order chi connectivity index (χ0) is 9.42. The van der Waals surface area contributed by atoms with Gasteiger partial charge in [-0.15, -0.1) is 24.0 Å². The summed E-state index contributed by atoms with van der Waals surface area (Å²) in [6.45, 7) is 0. The second-order valence-electron chi connectivity index (χ2n) is 2.67. The van der Waals surface area contributed by atoms with E-state index >= 15 is 0 Å². The summed E-state index contributed by atoms with van der Waals surface area (Å²) in [6.07, 6.45) is 0. The fourth-order valence-electron chi connectivity index (χ4n) is 1.28. The topological polar surface area (TPSA) is 0 Å². The molecule has 0 saturated heterocycles. The number of thiophene rings is 1. The van der Waals surface area contributed by atoms with Crippen molar-refractivity contribution in [2.75, 3.05) is 0 Å². The standard InChI is InChI=1S/C9H6BrClS2/c10-3-5-1-2-6(11)9-8(5)7(12)4-13-9/h1-2,4,12H,3H2. The van der Waals surface area contributed by atoms with Gasteiger partial charge in [-0.3, -0.25) is 0 Å². The summed E-state index contributed by atoms with van der Waals surface area (Å²) in [6, 6.07) is 3.97. The minimum atomic E-state index is 0.810. The Morgan fingerprint density at radius 2 is 2.23 bits per heavy atom. The molecule has 0 bridgehead atoms. The molecule has 0 fully saturated rings. The molecule has 0 saturated carbocycles. The van der Waals surface area contributed by atoms with E-state index in [1.807, 2.05) is 17.5 Å². The van der Waals surface area contributed by atoms with Crippen LogP contribution in [0.3, 0.4) is 0 Å².